The molecule has 24 heavy (non-hydrogen) atoms. The molecule has 2 N–H and O–H groups in total. The first-order valence-corrected chi connectivity index (χ1v) is 8.65. The molecule has 2 heterocycles. The fourth-order valence-corrected chi connectivity index (χ4v) is 3.12. The molecule has 0 unspecified atom stereocenters. The molecule has 0 spiro atoms. The second-order valence-corrected chi connectivity index (χ2v) is 6.58. The summed E-state index contributed by atoms with van der Waals surface area (Å²) in [6.45, 7) is 3.19. The van der Waals surface area contributed by atoms with Crippen molar-refractivity contribution in [2.24, 2.45) is 11.7 Å². The van der Waals surface area contributed by atoms with Crippen LogP contribution in [0, 0.1) is 5.92 Å². The number of methoxy groups -OCH3 is 1. The number of aromatic nitrogens is 2. The number of anilines is 1. The van der Waals surface area contributed by atoms with Crippen molar-refractivity contribution in [2.75, 3.05) is 31.6 Å². The molecule has 0 bridgehead atoms. The van der Waals surface area contributed by atoms with Gasteiger partial charge in [0.25, 0.3) is 0 Å². The maximum atomic E-state index is 5.98. The van der Waals surface area contributed by atoms with Crippen LogP contribution >= 0.6 is 11.6 Å². The van der Waals surface area contributed by atoms with Gasteiger partial charge in [-0.1, -0.05) is 11.6 Å². The number of halogens is 1. The molecule has 1 aliphatic rings. The summed E-state index contributed by atoms with van der Waals surface area (Å²) in [4.78, 5) is 11.7. The van der Waals surface area contributed by atoms with E-state index in [0.29, 0.717) is 23.4 Å². The second-order valence-electron chi connectivity index (χ2n) is 6.15. The summed E-state index contributed by atoms with van der Waals surface area (Å²) in [5, 5.41) is 0.705. The largest absolute Gasteiger partial charge is 0.378 e. The Morgan fingerprint density at radius 3 is 2.54 bits per heavy atom. The molecule has 1 aromatic heterocycles. The lowest BCUT2D eigenvalue weighted by molar-refractivity contribution is 0.181. The number of nitrogens with zero attached hydrogens (tertiary/aromatic N) is 3. The number of rotatable bonds is 5. The minimum Gasteiger partial charge on any atom is -0.378 e. The summed E-state index contributed by atoms with van der Waals surface area (Å²) in [5.74, 6) is 2.28. The Bertz CT molecular complexity index is 669. The fourth-order valence-electron chi connectivity index (χ4n) is 2.99. The van der Waals surface area contributed by atoms with Gasteiger partial charge >= 0.3 is 0 Å². The Kier molecular flexibility index (Phi) is 5.66. The summed E-state index contributed by atoms with van der Waals surface area (Å²) in [7, 11) is 1.68. The van der Waals surface area contributed by atoms with E-state index in [1.807, 2.05) is 30.3 Å². The molecule has 1 aliphatic heterocycles. The maximum Gasteiger partial charge on any atom is 0.161 e. The first kappa shape index (κ1) is 17.1. The van der Waals surface area contributed by atoms with E-state index in [0.717, 1.165) is 49.6 Å². The first-order valence-electron chi connectivity index (χ1n) is 8.27. The van der Waals surface area contributed by atoms with E-state index in [1.54, 1.807) is 7.11 Å². The lowest BCUT2D eigenvalue weighted by Gasteiger charge is -2.32. The van der Waals surface area contributed by atoms with Gasteiger partial charge in [0, 0.05) is 36.9 Å². The van der Waals surface area contributed by atoms with E-state index in [2.05, 4.69) is 9.88 Å². The molecule has 6 heteroatoms. The summed E-state index contributed by atoms with van der Waals surface area (Å²) in [5.41, 5.74) is 7.63. The standard InChI is InChI=1S/C18H23ClN4O/c1-24-12-16-10-17(23-8-6-13(11-20)7-9-23)22-18(21-16)14-2-4-15(19)5-3-14/h2-5,10,13H,6-9,11-12,20H2,1H3. The molecule has 0 amide bonds. The van der Waals surface area contributed by atoms with Crippen molar-refractivity contribution in [2.45, 2.75) is 19.4 Å². The summed E-state index contributed by atoms with van der Waals surface area (Å²) in [6.07, 6.45) is 2.22. The van der Waals surface area contributed by atoms with Crippen molar-refractivity contribution in [1.29, 1.82) is 0 Å². The van der Waals surface area contributed by atoms with Gasteiger partial charge in [0.15, 0.2) is 5.82 Å². The molecular weight excluding hydrogens is 324 g/mol. The number of benzene rings is 1. The van der Waals surface area contributed by atoms with Crippen molar-refractivity contribution in [3.63, 3.8) is 0 Å². The maximum absolute atomic E-state index is 5.98. The van der Waals surface area contributed by atoms with Crippen LogP contribution in [0.3, 0.4) is 0 Å². The van der Waals surface area contributed by atoms with E-state index in [9.17, 15) is 0 Å². The number of piperidine rings is 1. The van der Waals surface area contributed by atoms with Crippen LogP contribution in [0.2, 0.25) is 5.02 Å². The van der Waals surface area contributed by atoms with Gasteiger partial charge in [0.2, 0.25) is 0 Å². The van der Waals surface area contributed by atoms with Crippen molar-refractivity contribution in [3.8, 4) is 11.4 Å². The highest BCUT2D eigenvalue weighted by atomic mass is 35.5. The molecule has 1 saturated heterocycles. The Balaban J connectivity index is 1.90. The van der Waals surface area contributed by atoms with Gasteiger partial charge in [-0.3, -0.25) is 0 Å². The van der Waals surface area contributed by atoms with Crippen molar-refractivity contribution >= 4 is 17.4 Å². The van der Waals surface area contributed by atoms with Crippen molar-refractivity contribution in [3.05, 3.63) is 41.0 Å². The van der Waals surface area contributed by atoms with E-state index in [4.69, 9.17) is 27.1 Å². The predicted molar refractivity (Wildman–Crippen MR) is 97.2 cm³/mol. The monoisotopic (exact) mass is 346 g/mol. The number of ether oxygens (including phenoxy) is 1. The minimum atomic E-state index is 0.468. The average molecular weight is 347 g/mol. The van der Waals surface area contributed by atoms with E-state index in [-0.39, 0.29) is 0 Å². The highest BCUT2D eigenvalue weighted by Crippen LogP contribution is 2.25. The van der Waals surface area contributed by atoms with E-state index in [1.165, 1.54) is 0 Å². The first-order chi connectivity index (χ1) is 11.7. The van der Waals surface area contributed by atoms with Crippen LogP contribution in [-0.4, -0.2) is 36.7 Å². The van der Waals surface area contributed by atoms with Crippen LogP contribution in [0.4, 0.5) is 5.82 Å². The zero-order chi connectivity index (χ0) is 16.9. The van der Waals surface area contributed by atoms with Crippen LogP contribution in [0.5, 0.6) is 0 Å². The highest BCUT2D eigenvalue weighted by Gasteiger charge is 2.20. The minimum absolute atomic E-state index is 0.468. The zero-order valence-corrected chi connectivity index (χ0v) is 14.7. The Morgan fingerprint density at radius 1 is 1.21 bits per heavy atom. The topological polar surface area (TPSA) is 64.3 Å². The van der Waals surface area contributed by atoms with Gasteiger partial charge in [0.1, 0.15) is 5.82 Å². The van der Waals surface area contributed by atoms with Gasteiger partial charge < -0.3 is 15.4 Å². The number of hydrogen-bond donors (Lipinski definition) is 1. The highest BCUT2D eigenvalue weighted by molar-refractivity contribution is 6.30. The number of hydrogen-bond acceptors (Lipinski definition) is 5. The molecule has 0 aliphatic carbocycles. The van der Waals surface area contributed by atoms with Crippen LogP contribution in [0.25, 0.3) is 11.4 Å². The molecule has 1 fully saturated rings. The summed E-state index contributed by atoms with van der Waals surface area (Å²) in [6, 6.07) is 9.62. The molecule has 3 rings (SSSR count). The van der Waals surface area contributed by atoms with E-state index >= 15 is 0 Å². The Morgan fingerprint density at radius 2 is 1.92 bits per heavy atom. The van der Waals surface area contributed by atoms with Crippen LogP contribution in [-0.2, 0) is 11.3 Å². The van der Waals surface area contributed by atoms with Gasteiger partial charge in [-0.05, 0) is 49.6 Å². The second kappa shape index (κ2) is 7.92. The fraction of sp³-hybridized carbons (Fsp3) is 0.444. The van der Waals surface area contributed by atoms with E-state index < -0.39 is 0 Å². The third kappa shape index (κ3) is 4.04. The van der Waals surface area contributed by atoms with Crippen molar-refractivity contribution < 1.29 is 4.74 Å². The predicted octanol–water partition coefficient (Wildman–Crippen LogP) is 3.12. The smallest absolute Gasteiger partial charge is 0.161 e. The normalized spacial score (nSPS) is 15.7. The number of nitrogens with two attached hydrogens (primary N) is 1. The molecule has 5 nitrogen and oxygen atoms in total. The average Bonchev–Trinajstić information content (AvgIpc) is 2.62. The molecule has 0 saturated carbocycles. The van der Waals surface area contributed by atoms with Gasteiger partial charge in [-0.15, -0.1) is 0 Å². The summed E-state index contributed by atoms with van der Waals surface area (Å²) >= 11 is 5.98. The van der Waals surface area contributed by atoms with Gasteiger partial charge in [-0.25, -0.2) is 9.97 Å². The molecule has 2 aromatic rings. The van der Waals surface area contributed by atoms with Gasteiger partial charge in [0.05, 0.1) is 12.3 Å². The lowest BCUT2D eigenvalue weighted by Crippen LogP contribution is -2.36. The molecular formula is C18H23ClN4O. The van der Waals surface area contributed by atoms with Crippen LogP contribution in [0.1, 0.15) is 18.5 Å². The molecule has 0 radical (unpaired) electrons. The lowest BCUT2D eigenvalue weighted by atomic mass is 9.97. The zero-order valence-electron chi connectivity index (χ0n) is 13.9. The summed E-state index contributed by atoms with van der Waals surface area (Å²) < 4.78 is 5.27. The molecule has 1 aromatic carbocycles. The van der Waals surface area contributed by atoms with Gasteiger partial charge in [-0.2, -0.15) is 0 Å². The van der Waals surface area contributed by atoms with Crippen molar-refractivity contribution in [1.82, 2.24) is 9.97 Å². The van der Waals surface area contributed by atoms with Crippen LogP contribution in [0.15, 0.2) is 30.3 Å². The molecule has 128 valence electrons. The quantitative estimate of drug-likeness (QED) is 0.901. The van der Waals surface area contributed by atoms with Crippen LogP contribution < -0.4 is 10.6 Å². The third-order valence-corrected chi connectivity index (χ3v) is 4.68. The molecule has 0 atom stereocenters. The SMILES string of the molecule is COCc1cc(N2CCC(CN)CC2)nc(-c2ccc(Cl)cc2)n1. The third-order valence-electron chi connectivity index (χ3n) is 4.43. The Labute approximate surface area is 147 Å². The Hall–Kier alpha value is -1.69.